The topological polar surface area (TPSA) is 35.2 Å². The lowest BCUT2D eigenvalue weighted by Gasteiger charge is -2.09. The second kappa shape index (κ2) is 4.96. The van der Waals surface area contributed by atoms with E-state index in [1.54, 1.807) is 0 Å². The summed E-state index contributed by atoms with van der Waals surface area (Å²) in [7, 11) is 0. The first kappa shape index (κ1) is 12.1. The van der Waals surface area contributed by atoms with Crippen LogP contribution < -0.4 is 10.5 Å². The predicted molar refractivity (Wildman–Crippen MR) is 79.3 cm³/mol. The van der Waals surface area contributed by atoms with Crippen LogP contribution in [-0.4, -0.2) is 6.10 Å². The molecule has 1 aliphatic rings. The van der Waals surface area contributed by atoms with Gasteiger partial charge in [-0.3, -0.25) is 0 Å². The fourth-order valence-corrected chi connectivity index (χ4v) is 2.20. The monoisotopic (exact) mass is 253 g/mol. The Hall–Kier alpha value is -1.96. The van der Waals surface area contributed by atoms with Crippen molar-refractivity contribution in [2.24, 2.45) is 0 Å². The van der Waals surface area contributed by atoms with Gasteiger partial charge in [0.15, 0.2) is 0 Å². The van der Waals surface area contributed by atoms with Crippen molar-refractivity contribution >= 4 is 5.69 Å². The Morgan fingerprint density at radius 3 is 2.37 bits per heavy atom. The van der Waals surface area contributed by atoms with Crippen LogP contribution in [0.5, 0.6) is 5.75 Å². The molecule has 0 spiro atoms. The average Bonchev–Trinajstić information content (AvgIpc) is 3.24. The summed E-state index contributed by atoms with van der Waals surface area (Å²) in [4.78, 5) is 0. The molecule has 0 saturated heterocycles. The molecule has 0 aromatic heterocycles. The molecule has 1 fully saturated rings. The third-order valence-corrected chi connectivity index (χ3v) is 3.54. The number of ether oxygens (including phenoxy) is 1. The number of anilines is 1. The van der Waals surface area contributed by atoms with E-state index in [1.165, 1.54) is 29.5 Å². The van der Waals surface area contributed by atoms with Crippen molar-refractivity contribution in [2.45, 2.75) is 32.3 Å². The second-order valence-electron chi connectivity index (χ2n) is 5.11. The maximum atomic E-state index is 5.94. The van der Waals surface area contributed by atoms with Gasteiger partial charge < -0.3 is 10.5 Å². The van der Waals surface area contributed by atoms with Crippen LogP contribution in [0.3, 0.4) is 0 Å². The van der Waals surface area contributed by atoms with Crippen molar-refractivity contribution < 1.29 is 4.74 Å². The van der Waals surface area contributed by atoms with Crippen LogP contribution in [-0.2, 0) is 6.42 Å². The lowest BCUT2D eigenvalue weighted by molar-refractivity contribution is 0.303. The third-order valence-electron chi connectivity index (χ3n) is 3.54. The predicted octanol–water partition coefficient (Wildman–Crippen LogP) is 4.04. The van der Waals surface area contributed by atoms with E-state index in [4.69, 9.17) is 10.5 Å². The van der Waals surface area contributed by atoms with Crippen LogP contribution in [0.2, 0.25) is 0 Å². The van der Waals surface area contributed by atoms with E-state index < -0.39 is 0 Å². The first-order valence-corrected chi connectivity index (χ1v) is 6.92. The molecule has 2 N–H and O–H groups in total. The van der Waals surface area contributed by atoms with E-state index in [9.17, 15) is 0 Å². The van der Waals surface area contributed by atoms with Crippen molar-refractivity contribution in [1.82, 2.24) is 0 Å². The largest absolute Gasteiger partial charge is 0.490 e. The SMILES string of the molecule is CCc1cc(-c2ccc(OC3CC3)cc2)ccc1N. The molecule has 0 amide bonds. The number of aryl methyl sites for hydroxylation is 1. The first-order chi connectivity index (χ1) is 9.26. The molecular weight excluding hydrogens is 234 g/mol. The van der Waals surface area contributed by atoms with Gasteiger partial charge in [0.25, 0.3) is 0 Å². The zero-order chi connectivity index (χ0) is 13.2. The van der Waals surface area contributed by atoms with Crippen molar-refractivity contribution in [3.05, 3.63) is 48.0 Å². The molecule has 2 aromatic carbocycles. The number of nitrogens with two attached hydrogens (primary N) is 1. The number of hydrogen-bond donors (Lipinski definition) is 1. The lowest BCUT2D eigenvalue weighted by atomic mass is 10.0. The molecule has 0 heterocycles. The molecule has 0 radical (unpaired) electrons. The molecular formula is C17H19NO. The second-order valence-corrected chi connectivity index (χ2v) is 5.11. The van der Waals surface area contributed by atoms with Gasteiger partial charge in [-0.25, -0.2) is 0 Å². The summed E-state index contributed by atoms with van der Waals surface area (Å²) < 4.78 is 5.76. The van der Waals surface area contributed by atoms with E-state index in [0.29, 0.717) is 6.10 Å². The first-order valence-electron chi connectivity index (χ1n) is 6.92. The van der Waals surface area contributed by atoms with Crippen molar-refractivity contribution in [3.63, 3.8) is 0 Å². The number of nitrogen functional groups attached to an aromatic ring is 1. The molecule has 3 rings (SSSR count). The molecule has 0 atom stereocenters. The molecule has 2 aromatic rings. The minimum Gasteiger partial charge on any atom is -0.490 e. The maximum absolute atomic E-state index is 5.94. The smallest absolute Gasteiger partial charge is 0.119 e. The highest BCUT2D eigenvalue weighted by atomic mass is 16.5. The summed E-state index contributed by atoms with van der Waals surface area (Å²) in [6.07, 6.45) is 3.80. The van der Waals surface area contributed by atoms with Crippen LogP contribution in [0.15, 0.2) is 42.5 Å². The van der Waals surface area contributed by atoms with Gasteiger partial charge in [0.2, 0.25) is 0 Å². The summed E-state index contributed by atoms with van der Waals surface area (Å²) in [5.41, 5.74) is 10.4. The van der Waals surface area contributed by atoms with Gasteiger partial charge in [0.1, 0.15) is 5.75 Å². The summed E-state index contributed by atoms with van der Waals surface area (Å²) in [6.45, 7) is 2.13. The molecule has 19 heavy (non-hydrogen) atoms. The molecule has 0 unspecified atom stereocenters. The Bertz CT molecular complexity index is 570. The van der Waals surface area contributed by atoms with Crippen molar-refractivity contribution in [3.8, 4) is 16.9 Å². The third kappa shape index (κ3) is 2.73. The molecule has 1 aliphatic carbocycles. The summed E-state index contributed by atoms with van der Waals surface area (Å²) in [5, 5.41) is 0. The van der Waals surface area contributed by atoms with Crippen molar-refractivity contribution in [1.29, 1.82) is 0 Å². The summed E-state index contributed by atoms with van der Waals surface area (Å²) in [6, 6.07) is 14.6. The van der Waals surface area contributed by atoms with E-state index in [-0.39, 0.29) is 0 Å². The Labute approximate surface area is 114 Å². The number of rotatable bonds is 4. The van der Waals surface area contributed by atoms with E-state index >= 15 is 0 Å². The Morgan fingerprint density at radius 1 is 1.05 bits per heavy atom. The zero-order valence-electron chi connectivity index (χ0n) is 11.2. The van der Waals surface area contributed by atoms with Crippen LogP contribution in [0.4, 0.5) is 5.69 Å². The van der Waals surface area contributed by atoms with E-state index in [0.717, 1.165) is 17.9 Å². The molecule has 2 heteroatoms. The van der Waals surface area contributed by atoms with Gasteiger partial charge in [0, 0.05) is 5.69 Å². The number of hydrogen-bond acceptors (Lipinski definition) is 2. The number of benzene rings is 2. The molecule has 98 valence electrons. The Kier molecular flexibility index (Phi) is 3.16. The average molecular weight is 253 g/mol. The van der Waals surface area contributed by atoms with Crippen LogP contribution in [0, 0.1) is 0 Å². The normalized spacial score (nSPS) is 14.4. The Morgan fingerprint density at radius 2 is 1.74 bits per heavy atom. The van der Waals surface area contributed by atoms with Crippen LogP contribution >= 0.6 is 0 Å². The Balaban J connectivity index is 1.84. The molecule has 0 bridgehead atoms. The maximum Gasteiger partial charge on any atom is 0.119 e. The highest BCUT2D eigenvalue weighted by molar-refractivity contribution is 5.68. The van der Waals surface area contributed by atoms with Gasteiger partial charge in [-0.1, -0.05) is 25.1 Å². The fraction of sp³-hybridized carbons (Fsp3) is 0.294. The summed E-state index contributed by atoms with van der Waals surface area (Å²) in [5.74, 6) is 0.970. The van der Waals surface area contributed by atoms with Crippen LogP contribution in [0.1, 0.15) is 25.3 Å². The van der Waals surface area contributed by atoms with Crippen LogP contribution in [0.25, 0.3) is 11.1 Å². The lowest BCUT2D eigenvalue weighted by Crippen LogP contribution is -1.95. The molecule has 2 nitrogen and oxygen atoms in total. The fourth-order valence-electron chi connectivity index (χ4n) is 2.20. The quantitative estimate of drug-likeness (QED) is 0.835. The zero-order valence-corrected chi connectivity index (χ0v) is 11.2. The van der Waals surface area contributed by atoms with Gasteiger partial charge in [-0.05, 0) is 60.2 Å². The molecule has 1 saturated carbocycles. The van der Waals surface area contributed by atoms with E-state index in [1.807, 2.05) is 6.07 Å². The molecule has 0 aliphatic heterocycles. The van der Waals surface area contributed by atoms with Gasteiger partial charge in [-0.2, -0.15) is 0 Å². The van der Waals surface area contributed by atoms with Gasteiger partial charge >= 0.3 is 0 Å². The standard InChI is InChI=1S/C17H19NO/c1-2-12-11-14(5-10-17(12)18)13-3-6-15(7-4-13)19-16-8-9-16/h3-7,10-11,16H,2,8-9,18H2,1H3. The summed E-state index contributed by atoms with van der Waals surface area (Å²) >= 11 is 0. The minimum absolute atomic E-state index is 0.453. The van der Waals surface area contributed by atoms with E-state index in [2.05, 4.69) is 43.3 Å². The highest BCUT2D eigenvalue weighted by Gasteiger charge is 2.23. The highest BCUT2D eigenvalue weighted by Crippen LogP contribution is 2.29. The van der Waals surface area contributed by atoms with Crippen molar-refractivity contribution in [2.75, 3.05) is 5.73 Å². The van der Waals surface area contributed by atoms with Gasteiger partial charge in [0.05, 0.1) is 6.10 Å². The van der Waals surface area contributed by atoms with Gasteiger partial charge in [-0.15, -0.1) is 0 Å². The minimum atomic E-state index is 0.453.